The molecule has 104 valence electrons. The van der Waals surface area contributed by atoms with E-state index in [2.05, 4.69) is 41.4 Å². The monoisotopic (exact) mass is 353 g/mol. The van der Waals surface area contributed by atoms with Crippen LogP contribution in [0.5, 0.6) is 0 Å². The fourth-order valence-electron chi connectivity index (χ4n) is 1.56. The number of alkyl halides is 1. The second-order valence-corrected chi connectivity index (χ2v) is 10.2. The molecule has 0 amide bonds. The van der Waals surface area contributed by atoms with E-state index < -0.39 is 10.0 Å². The largest absolute Gasteiger partial charge is 0.250 e. The van der Waals surface area contributed by atoms with Gasteiger partial charge in [-0.2, -0.15) is 0 Å². The van der Waals surface area contributed by atoms with Crippen molar-refractivity contribution in [2.75, 3.05) is 6.54 Å². The topological polar surface area (TPSA) is 46.2 Å². The number of halogens is 1. The summed E-state index contributed by atoms with van der Waals surface area (Å²) < 4.78 is 27.0. The second-order valence-electron chi connectivity index (χ2n) is 5.58. The van der Waals surface area contributed by atoms with Gasteiger partial charge in [-0.15, -0.1) is 11.3 Å². The highest BCUT2D eigenvalue weighted by atomic mass is 79.9. The normalized spacial score (nSPS) is 14.7. The summed E-state index contributed by atoms with van der Waals surface area (Å²) in [5, 5.41) is 0. The fraction of sp³-hybridized carbons (Fsp3) is 0.667. The molecule has 0 radical (unpaired) electrons. The minimum atomic E-state index is -3.35. The first-order valence-electron chi connectivity index (χ1n) is 5.80. The van der Waals surface area contributed by atoms with Gasteiger partial charge in [0.05, 0.1) is 0 Å². The Bertz CT molecular complexity index is 488. The summed E-state index contributed by atoms with van der Waals surface area (Å²) in [5.41, 5.74) is 0.180. The molecule has 0 fully saturated rings. The number of nitrogens with one attached hydrogen (secondary N) is 1. The van der Waals surface area contributed by atoms with Gasteiger partial charge in [-0.1, -0.05) is 36.7 Å². The van der Waals surface area contributed by atoms with E-state index in [9.17, 15) is 8.42 Å². The molecule has 0 saturated carbocycles. The van der Waals surface area contributed by atoms with Gasteiger partial charge in [-0.25, -0.2) is 13.1 Å². The highest BCUT2D eigenvalue weighted by Gasteiger charge is 2.20. The molecule has 1 rings (SSSR count). The zero-order valence-electron chi connectivity index (χ0n) is 11.2. The van der Waals surface area contributed by atoms with E-state index in [0.717, 1.165) is 11.3 Å². The average Bonchev–Trinajstić information content (AvgIpc) is 2.60. The average molecular weight is 354 g/mol. The summed E-state index contributed by atoms with van der Waals surface area (Å²) in [5.74, 6) is 0. The molecule has 1 unspecified atom stereocenters. The Hall–Kier alpha value is 0.0900. The van der Waals surface area contributed by atoms with Gasteiger partial charge in [0.2, 0.25) is 10.0 Å². The molecule has 0 bridgehead atoms. The summed E-state index contributed by atoms with van der Waals surface area (Å²) in [4.78, 5) is 1.15. The maximum atomic E-state index is 12.0. The quantitative estimate of drug-likeness (QED) is 0.823. The van der Waals surface area contributed by atoms with Crippen LogP contribution in [-0.2, 0) is 10.0 Å². The van der Waals surface area contributed by atoms with Crippen LogP contribution in [0.3, 0.4) is 0 Å². The highest BCUT2D eigenvalue weighted by Crippen LogP contribution is 2.25. The molecule has 3 nitrogen and oxygen atoms in total. The van der Waals surface area contributed by atoms with E-state index in [0.29, 0.717) is 10.8 Å². The molecule has 1 heterocycles. The van der Waals surface area contributed by atoms with E-state index in [1.165, 1.54) is 11.3 Å². The zero-order chi connectivity index (χ0) is 14.0. The number of rotatable bonds is 5. The van der Waals surface area contributed by atoms with Gasteiger partial charge in [0.15, 0.2) is 0 Å². The van der Waals surface area contributed by atoms with Crippen molar-refractivity contribution in [3.63, 3.8) is 0 Å². The third-order valence-corrected chi connectivity index (χ3v) is 5.87. The summed E-state index contributed by atoms with van der Waals surface area (Å²) in [6, 6.07) is 3.47. The predicted octanol–water partition coefficient (Wildman–Crippen LogP) is 3.53. The van der Waals surface area contributed by atoms with Crippen LogP contribution in [-0.4, -0.2) is 19.8 Å². The molecule has 0 spiro atoms. The SMILES string of the molecule is Cc1ccc(S(=O)(=O)NCC(Br)CC(C)(C)C)s1. The van der Waals surface area contributed by atoms with Crippen molar-refractivity contribution in [1.82, 2.24) is 4.72 Å². The van der Waals surface area contributed by atoms with Crippen molar-refractivity contribution in [3.05, 3.63) is 17.0 Å². The Morgan fingerprint density at radius 3 is 2.44 bits per heavy atom. The van der Waals surface area contributed by atoms with Crippen LogP contribution < -0.4 is 4.72 Å². The number of hydrogen-bond donors (Lipinski definition) is 1. The summed E-state index contributed by atoms with van der Waals surface area (Å²) in [7, 11) is -3.35. The van der Waals surface area contributed by atoms with E-state index in [1.54, 1.807) is 6.07 Å². The molecule has 0 aliphatic carbocycles. The lowest BCUT2D eigenvalue weighted by molar-refractivity contribution is 0.373. The number of aryl methyl sites for hydroxylation is 1. The van der Waals surface area contributed by atoms with Crippen molar-refractivity contribution in [2.45, 2.75) is 43.2 Å². The number of hydrogen-bond acceptors (Lipinski definition) is 3. The first-order valence-corrected chi connectivity index (χ1v) is 9.02. The number of thiophene rings is 1. The Labute approximate surface area is 122 Å². The molecule has 1 atom stereocenters. The highest BCUT2D eigenvalue weighted by molar-refractivity contribution is 9.09. The molecule has 6 heteroatoms. The molecular weight excluding hydrogens is 334 g/mol. The Kier molecular flexibility index (Phi) is 5.41. The Morgan fingerprint density at radius 1 is 1.39 bits per heavy atom. The maximum absolute atomic E-state index is 12.0. The van der Waals surface area contributed by atoms with Crippen molar-refractivity contribution in [3.8, 4) is 0 Å². The fourth-order valence-corrected chi connectivity index (χ4v) is 5.32. The van der Waals surface area contributed by atoms with Gasteiger partial charge in [-0.3, -0.25) is 0 Å². The third kappa shape index (κ3) is 5.38. The first kappa shape index (κ1) is 16.1. The molecule has 18 heavy (non-hydrogen) atoms. The minimum Gasteiger partial charge on any atom is -0.209 e. The van der Waals surface area contributed by atoms with Crippen LogP contribution in [0.4, 0.5) is 0 Å². The second kappa shape index (κ2) is 6.03. The molecular formula is C12H20BrNO2S2. The summed E-state index contributed by atoms with van der Waals surface area (Å²) >= 11 is 4.81. The van der Waals surface area contributed by atoms with Gasteiger partial charge < -0.3 is 0 Å². The lowest BCUT2D eigenvalue weighted by Gasteiger charge is -2.22. The van der Waals surface area contributed by atoms with Crippen molar-refractivity contribution in [2.24, 2.45) is 5.41 Å². The third-order valence-electron chi connectivity index (χ3n) is 2.31. The standard InChI is InChI=1S/C12H20BrNO2S2/c1-9-5-6-11(17-9)18(15,16)14-8-10(13)7-12(2,3)4/h5-6,10,14H,7-8H2,1-4H3. The van der Waals surface area contributed by atoms with Crippen LogP contribution in [0.1, 0.15) is 32.1 Å². The van der Waals surface area contributed by atoms with Crippen molar-refractivity contribution in [1.29, 1.82) is 0 Å². The molecule has 1 N–H and O–H groups in total. The minimum absolute atomic E-state index is 0.147. The number of sulfonamides is 1. The lowest BCUT2D eigenvalue weighted by Crippen LogP contribution is -2.31. The lowest BCUT2D eigenvalue weighted by atomic mass is 9.91. The van der Waals surface area contributed by atoms with E-state index in [1.807, 2.05) is 13.0 Å². The van der Waals surface area contributed by atoms with E-state index >= 15 is 0 Å². The van der Waals surface area contributed by atoms with E-state index in [-0.39, 0.29) is 10.2 Å². The van der Waals surface area contributed by atoms with Crippen LogP contribution >= 0.6 is 27.3 Å². The van der Waals surface area contributed by atoms with Gasteiger partial charge in [0.1, 0.15) is 4.21 Å². The molecule has 0 aliphatic heterocycles. The summed E-state index contributed by atoms with van der Waals surface area (Å²) in [6.07, 6.45) is 0.916. The van der Waals surface area contributed by atoms with Gasteiger partial charge in [0.25, 0.3) is 0 Å². The summed E-state index contributed by atoms with van der Waals surface area (Å²) in [6.45, 7) is 8.72. The first-order chi connectivity index (χ1) is 8.10. The van der Waals surface area contributed by atoms with Crippen LogP contribution in [0.25, 0.3) is 0 Å². The van der Waals surface area contributed by atoms with Crippen LogP contribution in [0.15, 0.2) is 16.3 Å². The van der Waals surface area contributed by atoms with Crippen molar-refractivity contribution < 1.29 is 8.42 Å². The van der Waals surface area contributed by atoms with Gasteiger partial charge in [-0.05, 0) is 30.9 Å². The molecule has 1 aromatic heterocycles. The predicted molar refractivity (Wildman–Crippen MR) is 81.0 cm³/mol. The van der Waals surface area contributed by atoms with Gasteiger partial charge >= 0.3 is 0 Å². The van der Waals surface area contributed by atoms with E-state index in [4.69, 9.17) is 0 Å². The van der Waals surface area contributed by atoms with Gasteiger partial charge in [0, 0.05) is 16.2 Å². The van der Waals surface area contributed by atoms with Crippen LogP contribution in [0.2, 0.25) is 0 Å². The molecule has 0 saturated heterocycles. The molecule has 0 aromatic carbocycles. The Morgan fingerprint density at radius 2 is 2.00 bits per heavy atom. The molecule has 1 aromatic rings. The maximum Gasteiger partial charge on any atom is 0.250 e. The van der Waals surface area contributed by atoms with Crippen LogP contribution in [0, 0.1) is 12.3 Å². The zero-order valence-corrected chi connectivity index (χ0v) is 14.4. The van der Waals surface area contributed by atoms with Crippen molar-refractivity contribution >= 4 is 37.3 Å². The Balaban J connectivity index is 2.58. The molecule has 0 aliphatic rings. The smallest absolute Gasteiger partial charge is 0.209 e.